The lowest BCUT2D eigenvalue weighted by atomic mass is 9.84. The molecule has 1 heteroatoms. The number of rotatable bonds is 8. The summed E-state index contributed by atoms with van der Waals surface area (Å²) in [6, 6.07) is 90.4. The fraction of sp³-hybridized carbons (Fsp3) is 0. The molecule has 304 valence electrons. The van der Waals surface area contributed by atoms with Crippen molar-refractivity contribution in [1.29, 1.82) is 0 Å². The van der Waals surface area contributed by atoms with Crippen molar-refractivity contribution in [2.24, 2.45) is 0 Å². The highest BCUT2D eigenvalue weighted by atomic mass is 15.1. The van der Waals surface area contributed by atoms with Crippen molar-refractivity contribution in [3.8, 4) is 33.4 Å². The predicted molar refractivity (Wildman–Crippen MR) is 280 cm³/mol. The van der Waals surface area contributed by atoms with Crippen LogP contribution >= 0.6 is 0 Å². The van der Waals surface area contributed by atoms with Crippen molar-refractivity contribution in [3.63, 3.8) is 0 Å². The van der Waals surface area contributed by atoms with Crippen LogP contribution in [0.4, 0.5) is 17.1 Å². The molecule has 0 N–H and O–H groups in total. The third kappa shape index (κ3) is 6.74. The minimum absolute atomic E-state index is 1.11. The van der Waals surface area contributed by atoms with Crippen LogP contribution in [0.5, 0.6) is 0 Å². The third-order valence-electron chi connectivity index (χ3n) is 13.1. The maximum absolute atomic E-state index is 2.34. The van der Waals surface area contributed by atoms with Crippen molar-refractivity contribution in [2.45, 2.75) is 0 Å². The molecule has 0 atom stereocenters. The first-order chi connectivity index (χ1) is 32.3. The highest BCUT2D eigenvalue weighted by Crippen LogP contribution is 2.47. The van der Waals surface area contributed by atoms with Crippen LogP contribution in [0.1, 0.15) is 11.1 Å². The molecule has 0 radical (unpaired) electrons. The second-order valence-electron chi connectivity index (χ2n) is 16.8. The van der Waals surface area contributed by atoms with Crippen molar-refractivity contribution in [2.75, 3.05) is 4.90 Å². The van der Waals surface area contributed by atoms with E-state index in [-0.39, 0.29) is 0 Å². The molecule has 0 amide bonds. The molecule has 0 bridgehead atoms. The molecule has 0 heterocycles. The van der Waals surface area contributed by atoms with E-state index in [1.807, 2.05) is 0 Å². The van der Waals surface area contributed by atoms with Gasteiger partial charge >= 0.3 is 0 Å². The van der Waals surface area contributed by atoms with Gasteiger partial charge in [0.25, 0.3) is 0 Å². The molecule has 0 saturated heterocycles. The Balaban J connectivity index is 0.964. The maximum Gasteiger partial charge on any atom is 0.0462 e. The van der Waals surface area contributed by atoms with E-state index >= 15 is 0 Å². The van der Waals surface area contributed by atoms with E-state index in [1.54, 1.807) is 0 Å². The summed E-state index contributed by atoms with van der Waals surface area (Å²) >= 11 is 0. The molecule has 0 aliphatic rings. The summed E-state index contributed by atoms with van der Waals surface area (Å²) in [5, 5.41) is 12.5. The Kier molecular flexibility index (Phi) is 9.58. The summed E-state index contributed by atoms with van der Waals surface area (Å²) in [5.74, 6) is 0. The number of anilines is 3. The normalized spacial score (nSPS) is 11.6. The monoisotopic (exact) mass is 825 g/mol. The van der Waals surface area contributed by atoms with E-state index in [2.05, 4.69) is 266 Å². The lowest BCUT2D eigenvalue weighted by Crippen LogP contribution is -2.09. The summed E-state index contributed by atoms with van der Waals surface area (Å²) in [7, 11) is 0. The van der Waals surface area contributed by atoms with Crippen molar-refractivity contribution < 1.29 is 0 Å². The van der Waals surface area contributed by atoms with Gasteiger partial charge in [0, 0.05) is 17.1 Å². The molecule has 0 aliphatic heterocycles. The van der Waals surface area contributed by atoms with Gasteiger partial charge in [-0.1, -0.05) is 224 Å². The Morgan fingerprint density at radius 2 is 0.615 bits per heavy atom. The SMILES string of the molecule is C(=C\c1ccc(-c2c3ccccc3c(-c3ccc(N(c4ccccc4)c4ccccc4)cc3)c3ccccc23)c2ccccc12)/c1ccc(-c2cccc3ccccc23)c2ccccc12. The van der Waals surface area contributed by atoms with E-state index in [0.717, 1.165) is 17.1 Å². The summed E-state index contributed by atoms with van der Waals surface area (Å²) < 4.78 is 0. The topological polar surface area (TPSA) is 3.24 Å². The molecule has 1 nitrogen and oxygen atoms in total. The fourth-order valence-corrected chi connectivity index (χ4v) is 10.1. The van der Waals surface area contributed by atoms with Crippen molar-refractivity contribution >= 4 is 83.1 Å². The molecule has 65 heavy (non-hydrogen) atoms. The number of nitrogens with zero attached hydrogens (tertiary/aromatic N) is 1. The molecule has 0 aliphatic carbocycles. The van der Waals surface area contributed by atoms with Gasteiger partial charge in [-0.25, -0.2) is 0 Å². The molecule has 0 aromatic heterocycles. The van der Waals surface area contributed by atoms with E-state index in [4.69, 9.17) is 0 Å². The molecule has 0 fully saturated rings. The van der Waals surface area contributed by atoms with Crippen LogP contribution in [0.25, 0.3) is 99.4 Å². The van der Waals surface area contributed by atoms with E-state index in [9.17, 15) is 0 Å². The molecule has 12 aromatic carbocycles. The molecular formula is C64H43N. The van der Waals surface area contributed by atoms with Crippen LogP contribution in [0.2, 0.25) is 0 Å². The van der Waals surface area contributed by atoms with Crippen LogP contribution in [0.15, 0.2) is 249 Å². The zero-order valence-electron chi connectivity index (χ0n) is 35.8. The van der Waals surface area contributed by atoms with Gasteiger partial charge in [0.05, 0.1) is 0 Å². The number of hydrogen-bond acceptors (Lipinski definition) is 1. The van der Waals surface area contributed by atoms with E-state index in [0.29, 0.717) is 0 Å². The summed E-state index contributed by atoms with van der Waals surface area (Å²) in [4.78, 5) is 2.32. The molecule has 0 unspecified atom stereocenters. The smallest absolute Gasteiger partial charge is 0.0462 e. The number of para-hydroxylation sites is 2. The van der Waals surface area contributed by atoms with Gasteiger partial charge in [-0.2, -0.15) is 0 Å². The van der Waals surface area contributed by atoms with Gasteiger partial charge in [-0.05, 0) is 135 Å². The number of hydrogen-bond donors (Lipinski definition) is 0. The molecule has 0 spiro atoms. The second-order valence-corrected chi connectivity index (χ2v) is 16.8. The number of benzene rings is 12. The van der Waals surface area contributed by atoms with Crippen molar-refractivity contribution in [1.82, 2.24) is 0 Å². The lowest BCUT2D eigenvalue weighted by Gasteiger charge is -2.26. The van der Waals surface area contributed by atoms with Crippen molar-refractivity contribution in [3.05, 3.63) is 260 Å². The van der Waals surface area contributed by atoms with Crippen LogP contribution < -0.4 is 4.90 Å². The standard InChI is InChI=1S/C64H43N/c1-3-20-48(21-4-1)65(49-22-5-2-6-23-49)50-40-36-47(37-41-50)63-58-29-13-15-31-60(58)64(61-32-16-14-30-59(61)63)62-43-39-46(53-26-10-12-28-56(53)62)35-34-45-38-42-57(54-27-11-9-25-52(45)54)55-33-17-19-44-18-7-8-24-51(44)55/h1-43H/b35-34+. The Morgan fingerprint density at radius 3 is 1.17 bits per heavy atom. The van der Waals surface area contributed by atoms with E-state index in [1.165, 1.54) is 98.4 Å². The Labute approximate surface area is 379 Å². The summed E-state index contributed by atoms with van der Waals surface area (Å²) in [6.07, 6.45) is 4.59. The first-order valence-corrected chi connectivity index (χ1v) is 22.4. The van der Waals surface area contributed by atoms with Crippen LogP contribution in [-0.4, -0.2) is 0 Å². The van der Waals surface area contributed by atoms with Gasteiger partial charge in [0.15, 0.2) is 0 Å². The van der Waals surface area contributed by atoms with Gasteiger partial charge in [-0.3, -0.25) is 0 Å². The van der Waals surface area contributed by atoms with Crippen LogP contribution in [-0.2, 0) is 0 Å². The Hall–Kier alpha value is -8.52. The Bertz CT molecular complexity index is 3650. The maximum atomic E-state index is 2.34. The highest BCUT2D eigenvalue weighted by molar-refractivity contribution is 6.24. The largest absolute Gasteiger partial charge is 0.311 e. The minimum Gasteiger partial charge on any atom is -0.311 e. The van der Waals surface area contributed by atoms with Gasteiger partial charge in [-0.15, -0.1) is 0 Å². The lowest BCUT2D eigenvalue weighted by molar-refractivity contribution is 1.28. The highest BCUT2D eigenvalue weighted by Gasteiger charge is 2.20. The zero-order valence-corrected chi connectivity index (χ0v) is 35.8. The fourth-order valence-electron chi connectivity index (χ4n) is 10.1. The van der Waals surface area contributed by atoms with Crippen LogP contribution in [0, 0.1) is 0 Å². The first kappa shape index (κ1) is 38.2. The predicted octanol–water partition coefficient (Wildman–Crippen LogP) is 18.1. The van der Waals surface area contributed by atoms with Gasteiger partial charge < -0.3 is 4.90 Å². The van der Waals surface area contributed by atoms with Gasteiger partial charge in [0.1, 0.15) is 0 Å². The minimum atomic E-state index is 1.11. The summed E-state index contributed by atoms with van der Waals surface area (Å²) in [6.45, 7) is 0. The summed E-state index contributed by atoms with van der Waals surface area (Å²) in [5.41, 5.74) is 13.2. The van der Waals surface area contributed by atoms with Gasteiger partial charge in [0.2, 0.25) is 0 Å². The second kappa shape index (κ2) is 16.3. The Morgan fingerprint density at radius 1 is 0.231 bits per heavy atom. The van der Waals surface area contributed by atoms with E-state index < -0.39 is 0 Å². The quantitative estimate of drug-likeness (QED) is 0.109. The molecular weight excluding hydrogens is 783 g/mol. The molecule has 12 rings (SSSR count). The number of fused-ring (bicyclic) bond motifs is 5. The first-order valence-electron chi connectivity index (χ1n) is 22.4. The average Bonchev–Trinajstić information content (AvgIpc) is 3.38. The average molecular weight is 826 g/mol. The zero-order chi connectivity index (χ0) is 43.1. The molecule has 12 aromatic rings. The molecule has 0 saturated carbocycles. The van der Waals surface area contributed by atoms with Crippen LogP contribution in [0.3, 0.4) is 0 Å². The third-order valence-corrected chi connectivity index (χ3v) is 13.1.